The number of fused-ring (bicyclic) bond motifs is 1. The molecule has 0 saturated heterocycles. The van der Waals surface area contributed by atoms with E-state index in [0.717, 1.165) is 15.7 Å². The number of benzene rings is 2. The first-order chi connectivity index (χ1) is 14.4. The highest BCUT2D eigenvalue weighted by atomic mass is 16.2. The van der Waals surface area contributed by atoms with Gasteiger partial charge in [-0.1, -0.05) is 48.5 Å². The number of carbonyl (C=O) groups is 1. The predicted molar refractivity (Wildman–Crippen MR) is 115 cm³/mol. The number of para-hydroxylation sites is 1. The molecule has 2 aromatic heterocycles. The average Bonchev–Trinajstić information content (AvgIpc) is 3.22. The molecule has 1 amide bonds. The van der Waals surface area contributed by atoms with Crippen molar-refractivity contribution in [1.82, 2.24) is 18.7 Å². The van der Waals surface area contributed by atoms with Gasteiger partial charge in [-0.05, 0) is 18.6 Å². The Bertz CT molecular complexity index is 1370. The number of aromatic nitrogens is 4. The summed E-state index contributed by atoms with van der Waals surface area (Å²) in [4.78, 5) is 42.0. The SMILES string of the molecule is C[C@H](C(=O)Nc1ccccc1-c1ccccc1)n1cnc2c1c(=O)n(C)c(=O)n2C. The Balaban J connectivity index is 1.72. The van der Waals surface area contributed by atoms with Crippen LogP contribution >= 0.6 is 0 Å². The summed E-state index contributed by atoms with van der Waals surface area (Å²) in [5, 5.41) is 2.96. The van der Waals surface area contributed by atoms with Crippen LogP contribution in [-0.2, 0) is 18.9 Å². The summed E-state index contributed by atoms with van der Waals surface area (Å²) in [5.41, 5.74) is 2.04. The van der Waals surface area contributed by atoms with E-state index in [1.165, 1.54) is 22.5 Å². The Labute approximate surface area is 172 Å². The maximum atomic E-state index is 13.0. The van der Waals surface area contributed by atoms with Crippen LogP contribution in [-0.4, -0.2) is 24.6 Å². The quantitative estimate of drug-likeness (QED) is 0.566. The fourth-order valence-corrected chi connectivity index (χ4v) is 3.48. The third kappa shape index (κ3) is 3.12. The number of imidazole rings is 1. The molecule has 0 radical (unpaired) electrons. The van der Waals surface area contributed by atoms with Crippen molar-refractivity contribution in [2.75, 3.05) is 5.32 Å². The van der Waals surface area contributed by atoms with E-state index in [1.807, 2.05) is 54.6 Å². The normalized spacial score (nSPS) is 12.1. The van der Waals surface area contributed by atoms with E-state index < -0.39 is 17.3 Å². The third-order valence-corrected chi connectivity index (χ3v) is 5.24. The van der Waals surface area contributed by atoms with Gasteiger partial charge in [-0.3, -0.25) is 18.7 Å². The van der Waals surface area contributed by atoms with Crippen molar-refractivity contribution in [1.29, 1.82) is 0 Å². The van der Waals surface area contributed by atoms with Crippen molar-refractivity contribution in [3.05, 3.63) is 81.8 Å². The second kappa shape index (κ2) is 7.47. The Kier molecular flexibility index (Phi) is 4.83. The Hall–Kier alpha value is -3.94. The zero-order valence-electron chi connectivity index (χ0n) is 16.9. The molecule has 8 heteroatoms. The van der Waals surface area contributed by atoms with Gasteiger partial charge in [-0.15, -0.1) is 0 Å². The largest absolute Gasteiger partial charge is 0.332 e. The lowest BCUT2D eigenvalue weighted by Gasteiger charge is -2.17. The molecule has 0 unspecified atom stereocenters. The highest BCUT2D eigenvalue weighted by Gasteiger charge is 2.22. The minimum atomic E-state index is -0.718. The predicted octanol–water partition coefficient (Wildman–Crippen LogP) is 2.30. The molecule has 0 spiro atoms. The van der Waals surface area contributed by atoms with Crippen LogP contribution in [0.5, 0.6) is 0 Å². The van der Waals surface area contributed by atoms with Gasteiger partial charge in [0.1, 0.15) is 6.04 Å². The second-order valence-electron chi connectivity index (χ2n) is 7.11. The maximum Gasteiger partial charge on any atom is 0.332 e. The Morgan fingerprint density at radius 3 is 2.37 bits per heavy atom. The van der Waals surface area contributed by atoms with Crippen LogP contribution in [0.15, 0.2) is 70.5 Å². The van der Waals surface area contributed by atoms with Crippen molar-refractivity contribution in [2.24, 2.45) is 14.1 Å². The third-order valence-electron chi connectivity index (χ3n) is 5.24. The van der Waals surface area contributed by atoms with Crippen LogP contribution in [0, 0.1) is 0 Å². The highest BCUT2D eigenvalue weighted by molar-refractivity contribution is 5.98. The molecule has 0 bridgehead atoms. The first kappa shape index (κ1) is 19.4. The fraction of sp³-hybridized carbons (Fsp3) is 0.182. The summed E-state index contributed by atoms with van der Waals surface area (Å²) in [5.74, 6) is -0.298. The summed E-state index contributed by atoms with van der Waals surface area (Å²) < 4.78 is 3.80. The van der Waals surface area contributed by atoms with Crippen molar-refractivity contribution >= 4 is 22.8 Å². The standard InChI is InChI=1S/C22H21N5O3/c1-14(27-13-23-19-18(27)21(29)26(3)22(30)25(19)2)20(28)24-17-12-8-7-11-16(17)15-9-5-4-6-10-15/h4-14H,1-3H3,(H,24,28)/t14-/m1/s1. The minimum absolute atomic E-state index is 0.207. The summed E-state index contributed by atoms with van der Waals surface area (Å²) in [6, 6.07) is 16.6. The van der Waals surface area contributed by atoms with Crippen LogP contribution in [0.4, 0.5) is 5.69 Å². The first-order valence-electron chi connectivity index (χ1n) is 9.48. The van der Waals surface area contributed by atoms with Gasteiger partial charge in [0.15, 0.2) is 11.2 Å². The van der Waals surface area contributed by atoms with E-state index in [-0.39, 0.29) is 17.1 Å². The lowest BCUT2D eigenvalue weighted by atomic mass is 10.0. The monoisotopic (exact) mass is 403 g/mol. The topological polar surface area (TPSA) is 90.9 Å². The molecule has 152 valence electrons. The number of hydrogen-bond donors (Lipinski definition) is 1. The van der Waals surface area contributed by atoms with Crippen LogP contribution < -0.4 is 16.6 Å². The molecular formula is C22H21N5O3. The van der Waals surface area contributed by atoms with Gasteiger partial charge in [-0.25, -0.2) is 9.78 Å². The van der Waals surface area contributed by atoms with E-state index in [0.29, 0.717) is 5.69 Å². The van der Waals surface area contributed by atoms with E-state index in [4.69, 9.17) is 0 Å². The number of nitrogens with zero attached hydrogens (tertiary/aromatic N) is 4. The number of anilines is 1. The van der Waals surface area contributed by atoms with E-state index in [2.05, 4.69) is 10.3 Å². The van der Waals surface area contributed by atoms with E-state index >= 15 is 0 Å². The van der Waals surface area contributed by atoms with Gasteiger partial charge < -0.3 is 9.88 Å². The van der Waals surface area contributed by atoms with Crippen LogP contribution in [0.2, 0.25) is 0 Å². The molecule has 1 N–H and O–H groups in total. The number of rotatable bonds is 4. The Morgan fingerprint density at radius 2 is 1.63 bits per heavy atom. The number of carbonyl (C=O) groups excluding carboxylic acids is 1. The van der Waals surface area contributed by atoms with Gasteiger partial charge in [0.2, 0.25) is 5.91 Å². The molecule has 0 aliphatic carbocycles. The molecule has 0 saturated carbocycles. The molecule has 30 heavy (non-hydrogen) atoms. The lowest BCUT2D eigenvalue weighted by Crippen LogP contribution is -2.38. The summed E-state index contributed by atoms with van der Waals surface area (Å²) >= 11 is 0. The van der Waals surface area contributed by atoms with Crippen LogP contribution in [0.3, 0.4) is 0 Å². The second-order valence-corrected chi connectivity index (χ2v) is 7.11. The first-order valence-corrected chi connectivity index (χ1v) is 9.48. The van der Waals surface area contributed by atoms with Gasteiger partial charge in [0.05, 0.1) is 6.33 Å². The minimum Gasteiger partial charge on any atom is -0.324 e. The van der Waals surface area contributed by atoms with Gasteiger partial charge >= 0.3 is 5.69 Å². The number of hydrogen-bond acceptors (Lipinski definition) is 4. The number of aryl methyl sites for hydroxylation is 1. The van der Waals surface area contributed by atoms with E-state index in [1.54, 1.807) is 14.0 Å². The molecule has 2 heterocycles. The molecule has 0 fully saturated rings. The summed E-state index contributed by atoms with van der Waals surface area (Å²) in [6.07, 6.45) is 1.42. The molecule has 0 aliphatic heterocycles. The van der Waals surface area contributed by atoms with Crippen molar-refractivity contribution in [2.45, 2.75) is 13.0 Å². The number of nitrogens with one attached hydrogen (secondary N) is 1. The molecule has 1 atom stereocenters. The highest BCUT2D eigenvalue weighted by Crippen LogP contribution is 2.28. The van der Waals surface area contributed by atoms with Gasteiger partial charge in [0, 0.05) is 25.3 Å². The summed E-state index contributed by atoms with van der Waals surface area (Å²) in [6.45, 7) is 1.69. The van der Waals surface area contributed by atoms with Crippen molar-refractivity contribution in [3.8, 4) is 11.1 Å². The smallest absolute Gasteiger partial charge is 0.324 e. The zero-order valence-corrected chi connectivity index (χ0v) is 16.9. The average molecular weight is 403 g/mol. The van der Waals surface area contributed by atoms with Crippen LogP contribution in [0.1, 0.15) is 13.0 Å². The van der Waals surface area contributed by atoms with Gasteiger partial charge in [0.25, 0.3) is 5.56 Å². The summed E-state index contributed by atoms with van der Waals surface area (Å²) in [7, 11) is 2.95. The molecule has 4 rings (SSSR count). The molecular weight excluding hydrogens is 382 g/mol. The maximum absolute atomic E-state index is 13.0. The molecule has 8 nitrogen and oxygen atoms in total. The van der Waals surface area contributed by atoms with E-state index in [9.17, 15) is 14.4 Å². The van der Waals surface area contributed by atoms with Gasteiger partial charge in [-0.2, -0.15) is 0 Å². The Morgan fingerprint density at radius 1 is 0.967 bits per heavy atom. The van der Waals surface area contributed by atoms with Crippen molar-refractivity contribution in [3.63, 3.8) is 0 Å². The zero-order chi connectivity index (χ0) is 21.4. The lowest BCUT2D eigenvalue weighted by molar-refractivity contribution is -0.118. The fourth-order valence-electron chi connectivity index (χ4n) is 3.48. The molecule has 4 aromatic rings. The number of amides is 1. The van der Waals surface area contributed by atoms with Crippen LogP contribution in [0.25, 0.3) is 22.3 Å². The molecule has 0 aliphatic rings. The van der Waals surface area contributed by atoms with Crippen molar-refractivity contribution < 1.29 is 4.79 Å². The molecule has 2 aromatic carbocycles.